The number of carbonyl (C=O) groups excluding carboxylic acids is 2. The van der Waals surface area contributed by atoms with Crippen LogP contribution in [-0.4, -0.2) is 55.5 Å². The van der Waals surface area contributed by atoms with Gasteiger partial charge in [0.2, 0.25) is 5.91 Å². The van der Waals surface area contributed by atoms with Crippen LogP contribution in [0.3, 0.4) is 0 Å². The fourth-order valence-corrected chi connectivity index (χ4v) is 5.55. The zero-order valence-electron chi connectivity index (χ0n) is 19.0. The van der Waals surface area contributed by atoms with Crippen molar-refractivity contribution in [3.63, 3.8) is 0 Å². The van der Waals surface area contributed by atoms with Crippen molar-refractivity contribution >= 4 is 11.8 Å². The van der Waals surface area contributed by atoms with Gasteiger partial charge in [-0.25, -0.2) is 0 Å². The lowest BCUT2D eigenvalue weighted by atomic mass is 9.75. The van der Waals surface area contributed by atoms with Crippen LogP contribution >= 0.6 is 0 Å². The van der Waals surface area contributed by atoms with E-state index in [0.717, 1.165) is 49.0 Å². The van der Waals surface area contributed by atoms with Gasteiger partial charge in [0.05, 0.1) is 26.2 Å². The summed E-state index contributed by atoms with van der Waals surface area (Å²) in [6.07, 6.45) is 2.77. The molecule has 6 heteroatoms. The lowest BCUT2D eigenvalue weighted by Gasteiger charge is -2.46. The number of carbonyl (C=O) groups is 2. The SMILES string of the molecule is COc1cc2c(cc1OC)[C@@H]1[C@H](C(=O)N3CCC(C)CC3)c3ccccc3C(=O)N1CC2. The van der Waals surface area contributed by atoms with Gasteiger partial charge in [-0.2, -0.15) is 0 Å². The maximum Gasteiger partial charge on any atom is 0.254 e. The summed E-state index contributed by atoms with van der Waals surface area (Å²) < 4.78 is 11.1. The standard InChI is InChI=1S/C26H30N2O4/c1-16-8-11-27(12-9-16)26(30)23-18-6-4-5-7-19(18)25(29)28-13-10-17-14-21(31-2)22(32-3)15-20(17)24(23)28/h4-7,14-16,23-24H,8-13H2,1-3H3/t23-,24-/m1/s1. The number of fused-ring (bicyclic) bond motifs is 4. The molecule has 0 N–H and O–H groups in total. The molecule has 1 fully saturated rings. The van der Waals surface area contributed by atoms with Crippen molar-refractivity contribution in [3.8, 4) is 11.5 Å². The lowest BCUT2D eigenvalue weighted by molar-refractivity contribution is -0.136. The van der Waals surface area contributed by atoms with E-state index < -0.39 is 5.92 Å². The molecule has 3 aliphatic rings. The number of piperidine rings is 1. The molecule has 0 spiro atoms. The van der Waals surface area contributed by atoms with Crippen LogP contribution in [0.25, 0.3) is 0 Å². The molecule has 0 unspecified atom stereocenters. The first kappa shape index (κ1) is 20.9. The minimum Gasteiger partial charge on any atom is -0.493 e. The number of benzene rings is 2. The van der Waals surface area contributed by atoms with Gasteiger partial charge in [0.1, 0.15) is 0 Å². The van der Waals surface area contributed by atoms with Crippen LogP contribution in [0.15, 0.2) is 36.4 Å². The normalized spacial score (nSPS) is 22.7. The Hall–Kier alpha value is -3.02. The van der Waals surface area contributed by atoms with E-state index in [9.17, 15) is 9.59 Å². The van der Waals surface area contributed by atoms with Crippen molar-refractivity contribution in [2.75, 3.05) is 33.9 Å². The van der Waals surface area contributed by atoms with Crippen molar-refractivity contribution in [1.82, 2.24) is 9.80 Å². The van der Waals surface area contributed by atoms with Crippen molar-refractivity contribution in [2.24, 2.45) is 5.92 Å². The van der Waals surface area contributed by atoms with Crippen molar-refractivity contribution in [2.45, 2.75) is 38.1 Å². The fourth-order valence-electron chi connectivity index (χ4n) is 5.55. The molecule has 0 radical (unpaired) electrons. The third-order valence-corrected chi connectivity index (χ3v) is 7.39. The summed E-state index contributed by atoms with van der Waals surface area (Å²) in [6, 6.07) is 11.2. The minimum absolute atomic E-state index is 0.00218. The van der Waals surface area contributed by atoms with Crippen molar-refractivity contribution in [1.29, 1.82) is 0 Å². The highest BCUT2D eigenvalue weighted by atomic mass is 16.5. The maximum atomic E-state index is 14.0. The van der Waals surface area contributed by atoms with Crippen LogP contribution in [0.4, 0.5) is 0 Å². The van der Waals surface area contributed by atoms with Gasteiger partial charge in [0.25, 0.3) is 5.91 Å². The summed E-state index contributed by atoms with van der Waals surface area (Å²) in [6.45, 7) is 4.38. The van der Waals surface area contributed by atoms with Gasteiger partial charge in [-0.3, -0.25) is 9.59 Å². The second-order valence-electron chi connectivity index (χ2n) is 9.17. The summed E-state index contributed by atoms with van der Waals surface area (Å²) in [5.41, 5.74) is 3.59. The van der Waals surface area contributed by atoms with Crippen LogP contribution in [0.2, 0.25) is 0 Å². The summed E-state index contributed by atoms with van der Waals surface area (Å²) in [7, 11) is 3.24. The van der Waals surface area contributed by atoms with E-state index >= 15 is 0 Å². The summed E-state index contributed by atoms with van der Waals surface area (Å²) in [4.78, 5) is 31.4. The van der Waals surface area contributed by atoms with Crippen LogP contribution in [-0.2, 0) is 11.2 Å². The molecule has 32 heavy (non-hydrogen) atoms. The molecule has 5 rings (SSSR count). The second kappa shape index (κ2) is 8.15. The van der Waals surface area contributed by atoms with E-state index in [0.29, 0.717) is 29.5 Å². The first-order valence-electron chi connectivity index (χ1n) is 11.5. The Morgan fingerprint density at radius 3 is 2.38 bits per heavy atom. The fraction of sp³-hybridized carbons (Fsp3) is 0.462. The van der Waals surface area contributed by atoms with Crippen molar-refractivity contribution < 1.29 is 19.1 Å². The Labute approximate surface area is 189 Å². The molecule has 0 aliphatic carbocycles. The Bertz CT molecular complexity index is 1060. The summed E-state index contributed by atoms with van der Waals surface area (Å²) in [5.74, 6) is 1.64. The van der Waals surface area contributed by atoms with Gasteiger partial charge < -0.3 is 19.3 Å². The van der Waals surface area contributed by atoms with Gasteiger partial charge in [-0.15, -0.1) is 0 Å². The van der Waals surface area contributed by atoms with Crippen LogP contribution in [0, 0.1) is 5.92 Å². The predicted octanol–water partition coefficient (Wildman–Crippen LogP) is 3.80. The number of ether oxygens (including phenoxy) is 2. The van der Waals surface area contributed by atoms with E-state index in [2.05, 4.69) is 6.92 Å². The van der Waals surface area contributed by atoms with E-state index in [4.69, 9.17) is 9.47 Å². The molecule has 0 saturated carbocycles. The Morgan fingerprint density at radius 1 is 0.969 bits per heavy atom. The molecular formula is C26H30N2O4. The van der Waals surface area contributed by atoms with E-state index in [1.165, 1.54) is 0 Å². The van der Waals surface area contributed by atoms with Gasteiger partial charge >= 0.3 is 0 Å². The third kappa shape index (κ3) is 3.24. The Balaban J connectivity index is 1.65. The molecular weight excluding hydrogens is 404 g/mol. The molecule has 0 bridgehead atoms. The molecule has 3 heterocycles. The van der Waals surface area contributed by atoms with Gasteiger partial charge in [-0.1, -0.05) is 25.1 Å². The average molecular weight is 435 g/mol. The molecule has 168 valence electrons. The number of methoxy groups -OCH3 is 2. The second-order valence-corrected chi connectivity index (χ2v) is 9.17. The molecule has 2 amide bonds. The number of likely N-dealkylation sites (tertiary alicyclic amines) is 1. The molecule has 3 aliphatic heterocycles. The third-order valence-electron chi connectivity index (χ3n) is 7.39. The van der Waals surface area contributed by atoms with E-state index in [-0.39, 0.29) is 17.9 Å². The molecule has 2 aromatic rings. The van der Waals surface area contributed by atoms with Crippen LogP contribution in [0.1, 0.15) is 58.8 Å². The Kier molecular flexibility index (Phi) is 5.31. The average Bonchev–Trinajstić information content (AvgIpc) is 2.83. The topological polar surface area (TPSA) is 59.1 Å². The number of hydrogen-bond donors (Lipinski definition) is 0. The van der Waals surface area contributed by atoms with Crippen LogP contribution in [0.5, 0.6) is 11.5 Å². The zero-order chi connectivity index (χ0) is 22.4. The Morgan fingerprint density at radius 2 is 1.66 bits per heavy atom. The summed E-state index contributed by atoms with van der Waals surface area (Å²) >= 11 is 0. The van der Waals surface area contributed by atoms with E-state index in [1.807, 2.05) is 46.2 Å². The maximum absolute atomic E-state index is 14.0. The number of hydrogen-bond acceptors (Lipinski definition) is 4. The highest BCUT2D eigenvalue weighted by Crippen LogP contribution is 2.49. The predicted molar refractivity (Wildman–Crippen MR) is 121 cm³/mol. The number of rotatable bonds is 3. The van der Waals surface area contributed by atoms with Gasteiger partial charge in [0.15, 0.2) is 11.5 Å². The van der Waals surface area contributed by atoms with Gasteiger partial charge in [0, 0.05) is 25.2 Å². The monoisotopic (exact) mass is 434 g/mol. The molecule has 2 atom stereocenters. The molecule has 0 aromatic heterocycles. The molecule has 2 aromatic carbocycles. The highest BCUT2D eigenvalue weighted by molar-refractivity contribution is 6.01. The molecule has 6 nitrogen and oxygen atoms in total. The van der Waals surface area contributed by atoms with Crippen LogP contribution < -0.4 is 9.47 Å². The zero-order valence-corrected chi connectivity index (χ0v) is 19.0. The number of amides is 2. The molecule has 1 saturated heterocycles. The first-order valence-corrected chi connectivity index (χ1v) is 11.5. The van der Waals surface area contributed by atoms with E-state index in [1.54, 1.807) is 14.2 Å². The van der Waals surface area contributed by atoms with Gasteiger partial charge in [-0.05, 0) is 60.1 Å². The smallest absolute Gasteiger partial charge is 0.254 e. The first-order chi connectivity index (χ1) is 15.5. The highest BCUT2D eigenvalue weighted by Gasteiger charge is 2.47. The number of nitrogens with zero attached hydrogens (tertiary/aromatic N) is 2. The largest absolute Gasteiger partial charge is 0.493 e. The quantitative estimate of drug-likeness (QED) is 0.737. The van der Waals surface area contributed by atoms with Crippen molar-refractivity contribution in [3.05, 3.63) is 58.7 Å². The summed E-state index contributed by atoms with van der Waals surface area (Å²) in [5, 5.41) is 0. The minimum atomic E-state index is -0.422. The lowest BCUT2D eigenvalue weighted by Crippen LogP contribution is -2.51.